The summed E-state index contributed by atoms with van der Waals surface area (Å²) < 4.78 is 5.19. The third kappa shape index (κ3) is 5.74. The van der Waals surface area contributed by atoms with E-state index in [2.05, 4.69) is 11.9 Å². The van der Waals surface area contributed by atoms with Crippen molar-refractivity contribution in [1.82, 2.24) is 10.2 Å². The van der Waals surface area contributed by atoms with Gasteiger partial charge in [0, 0.05) is 24.6 Å². The highest BCUT2D eigenvalue weighted by Gasteiger charge is 2.64. The Kier molecular flexibility index (Phi) is 9.50. The number of carbonyl (C=O) groups is 3. The van der Waals surface area contributed by atoms with Crippen LogP contribution >= 0.6 is 0 Å². The van der Waals surface area contributed by atoms with Gasteiger partial charge in [0.15, 0.2) is 11.4 Å². The van der Waals surface area contributed by atoms with Crippen LogP contribution in [0.3, 0.4) is 0 Å². The van der Waals surface area contributed by atoms with Crippen molar-refractivity contribution in [1.29, 1.82) is 0 Å². The van der Waals surface area contributed by atoms with Gasteiger partial charge in [-0.2, -0.15) is 0 Å². The third-order valence-corrected chi connectivity index (χ3v) is 9.57. The predicted molar refractivity (Wildman–Crippen MR) is 180 cm³/mol. The second-order valence-corrected chi connectivity index (χ2v) is 12.7. The van der Waals surface area contributed by atoms with Crippen LogP contribution in [-0.2, 0) is 32.1 Å². The topological polar surface area (TPSA) is 183 Å². The maximum atomic E-state index is 14.1. The smallest absolute Gasteiger partial charge is 0.255 e. The van der Waals surface area contributed by atoms with E-state index in [0.29, 0.717) is 24.4 Å². The van der Waals surface area contributed by atoms with Crippen molar-refractivity contribution in [3.8, 4) is 16.9 Å². The van der Waals surface area contributed by atoms with Gasteiger partial charge in [0.25, 0.3) is 5.91 Å². The van der Waals surface area contributed by atoms with Crippen LogP contribution in [0.2, 0.25) is 0 Å². The number of Topliss-reactive ketones (excluding diaryl/α,β-unsaturated/α-hetero) is 2. The van der Waals surface area contributed by atoms with Gasteiger partial charge in [-0.25, -0.2) is 0 Å². The number of nitrogens with zero attached hydrogens (tertiary/aromatic N) is 1. The molecule has 4 atom stereocenters. The van der Waals surface area contributed by atoms with Crippen molar-refractivity contribution in [2.45, 2.75) is 38.0 Å². The van der Waals surface area contributed by atoms with E-state index in [1.165, 1.54) is 11.0 Å². The Labute approximate surface area is 279 Å². The van der Waals surface area contributed by atoms with Gasteiger partial charge in [0.2, 0.25) is 5.78 Å². The van der Waals surface area contributed by atoms with E-state index >= 15 is 0 Å². The number of ketones is 2. The number of benzene rings is 2. The largest absolute Gasteiger partial charge is 0.508 e. The molecule has 1 saturated carbocycles. The van der Waals surface area contributed by atoms with Gasteiger partial charge >= 0.3 is 0 Å². The van der Waals surface area contributed by atoms with Crippen molar-refractivity contribution in [2.75, 3.05) is 27.7 Å². The van der Waals surface area contributed by atoms with Crippen molar-refractivity contribution >= 4 is 23.2 Å². The molecule has 1 fully saturated rings. The molecule has 0 unspecified atom stereocenters. The van der Waals surface area contributed by atoms with Gasteiger partial charge in [0.1, 0.15) is 28.6 Å². The number of phenolic OH excluding ortho intramolecular Hbond substituents is 1. The fourth-order valence-electron chi connectivity index (χ4n) is 7.22. The van der Waals surface area contributed by atoms with E-state index in [4.69, 9.17) is 10.5 Å². The van der Waals surface area contributed by atoms with Gasteiger partial charge in [-0.15, -0.1) is 0 Å². The minimum absolute atomic E-state index is 0.0233. The fourth-order valence-corrected chi connectivity index (χ4v) is 7.22. The number of nitrogens with one attached hydrogen (secondary N) is 1. The van der Waals surface area contributed by atoms with E-state index in [9.17, 15) is 34.8 Å². The predicted octanol–water partition coefficient (Wildman–Crippen LogP) is 3.38. The van der Waals surface area contributed by atoms with E-state index in [-0.39, 0.29) is 29.7 Å². The molecule has 1 amide bonds. The molecule has 252 valence electrons. The summed E-state index contributed by atoms with van der Waals surface area (Å²) in [5.41, 5.74) is 6.08. The number of primary amides is 1. The number of amides is 1. The second kappa shape index (κ2) is 13.3. The third-order valence-electron chi connectivity index (χ3n) is 9.57. The van der Waals surface area contributed by atoms with E-state index in [0.717, 1.165) is 22.3 Å². The molecule has 3 aliphatic carbocycles. The SMILES string of the molecule is C=C/C(=C\C=C(/C)CNCc1ccc(-c2ccc(O)c3c2C[C@H]2C[C@H]4[C@H](N(C)C)C(=O)C(C(N)=O)=C(O)[C@@]4(O)C(=O)C2=C3O)cc1)OC. The van der Waals surface area contributed by atoms with Gasteiger partial charge in [-0.05, 0) is 80.3 Å². The monoisotopic (exact) mass is 655 g/mol. The zero-order valence-corrected chi connectivity index (χ0v) is 27.4. The number of allylic oxidation sites excluding steroid dienone is 3. The molecule has 0 radical (unpaired) electrons. The number of aliphatic hydroxyl groups excluding tert-OH is 2. The van der Waals surface area contributed by atoms with Gasteiger partial charge < -0.3 is 36.2 Å². The maximum absolute atomic E-state index is 14.1. The number of hydrogen-bond donors (Lipinski definition) is 6. The molecule has 5 rings (SSSR count). The fraction of sp³-hybridized carbons (Fsp3) is 0.324. The average molecular weight is 656 g/mol. The molecule has 0 aliphatic heterocycles. The van der Waals surface area contributed by atoms with Crippen molar-refractivity contribution < 1.29 is 39.5 Å². The first-order chi connectivity index (χ1) is 22.8. The number of aliphatic hydroxyl groups is 3. The minimum atomic E-state index is -2.68. The summed E-state index contributed by atoms with van der Waals surface area (Å²) in [6.45, 7) is 7.00. The Morgan fingerprint density at radius 2 is 1.81 bits per heavy atom. The highest BCUT2D eigenvalue weighted by molar-refractivity contribution is 6.24. The number of likely N-dealkylation sites (N-methyl/N-ethyl adjacent to an activating group) is 1. The summed E-state index contributed by atoms with van der Waals surface area (Å²) in [7, 11) is 4.73. The molecule has 11 heteroatoms. The first kappa shape index (κ1) is 34.4. The average Bonchev–Trinajstić information content (AvgIpc) is 3.03. The molecule has 0 spiro atoms. The number of nitrogens with two attached hydrogens (primary N) is 1. The number of methoxy groups -OCH3 is 1. The number of ether oxygens (including phenoxy) is 1. The lowest BCUT2D eigenvalue weighted by Crippen LogP contribution is -2.65. The minimum Gasteiger partial charge on any atom is -0.508 e. The molecular weight excluding hydrogens is 614 g/mol. The summed E-state index contributed by atoms with van der Waals surface area (Å²) in [5.74, 6) is -6.10. The van der Waals surface area contributed by atoms with Gasteiger partial charge in [-0.1, -0.05) is 48.6 Å². The quantitative estimate of drug-likeness (QED) is 0.126. The molecule has 7 N–H and O–H groups in total. The number of aromatic hydroxyl groups is 1. The van der Waals surface area contributed by atoms with Gasteiger partial charge in [-0.3, -0.25) is 19.3 Å². The lowest BCUT2D eigenvalue weighted by Gasteiger charge is -2.50. The summed E-state index contributed by atoms with van der Waals surface area (Å²) >= 11 is 0. The normalized spacial score (nSPS) is 24.3. The molecular formula is C37H41N3O8. The lowest BCUT2D eigenvalue weighted by molar-refractivity contribution is -0.153. The van der Waals surface area contributed by atoms with Crippen LogP contribution in [0.5, 0.6) is 5.75 Å². The van der Waals surface area contributed by atoms with Crippen LogP contribution in [-0.4, -0.2) is 82.2 Å². The van der Waals surface area contributed by atoms with Crippen LogP contribution in [0.15, 0.2) is 89.4 Å². The summed E-state index contributed by atoms with van der Waals surface area (Å²) in [6.07, 6.45) is 5.68. The lowest BCUT2D eigenvalue weighted by atomic mass is 9.57. The number of fused-ring (bicyclic) bond motifs is 3. The molecule has 2 aromatic carbocycles. The molecule has 11 nitrogen and oxygen atoms in total. The number of rotatable bonds is 10. The van der Waals surface area contributed by atoms with Crippen LogP contribution in [0, 0.1) is 11.8 Å². The van der Waals surface area contributed by atoms with Gasteiger partial charge in [0.05, 0.1) is 18.7 Å². The van der Waals surface area contributed by atoms with Crippen molar-refractivity contribution in [3.63, 3.8) is 0 Å². The zero-order valence-electron chi connectivity index (χ0n) is 27.4. The van der Waals surface area contributed by atoms with E-state index < -0.39 is 58.0 Å². The molecule has 48 heavy (non-hydrogen) atoms. The van der Waals surface area contributed by atoms with Crippen molar-refractivity contribution in [2.24, 2.45) is 17.6 Å². The molecule has 0 aromatic heterocycles. The molecule has 0 heterocycles. The Morgan fingerprint density at radius 1 is 1.12 bits per heavy atom. The molecule has 2 aromatic rings. The number of hydrogen-bond acceptors (Lipinski definition) is 10. The number of phenols is 1. The van der Waals surface area contributed by atoms with Crippen LogP contribution < -0.4 is 11.1 Å². The number of carbonyl (C=O) groups excluding carboxylic acids is 3. The Morgan fingerprint density at radius 3 is 2.42 bits per heavy atom. The van der Waals surface area contributed by atoms with E-state index in [1.807, 2.05) is 43.3 Å². The summed E-state index contributed by atoms with van der Waals surface area (Å²) in [5, 5.41) is 48.7. The zero-order chi connectivity index (χ0) is 35.1. The molecule has 0 bridgehead atoms. The first-order valence-corrected chi connectivity index (χ1v) is 15.6. The second-order valence-electron chi connectivity index (χ2n) is 12.7. The Hall–Kier alpha value is -4.97. The maximum Gasteiger partial charge on any atom is 0.255 e. The highest BCUT2D eigenvalue weighted by Crippen LogP contribution is 2.53. The molecule has 0 saturated heterocycles. The first-order valence-electron chi connectivity index (χ1n) is 15.6. The summed E-state index contributed by atoms with van der Waals surface area (Å²) in [4.78, 5) is 41.1. The standard InChI is InChI=1S/C37H41N3O8/c1-6-23(48-5)12-7-19(2)17-39-18-20-8-10-21(11-9-20)24-13-14-27(41)29-25(24)15-22-16-26-31(40(3)4)33(43)30(36(38)46)35(45)37(26,47)34(44)28(22)32(29)42/h6-14,22,26,31,39,41-42,45,47H,1,15-18H2,2-5H3,(H2,38,46)/b19-7+,23-12+/t22-,26-,31-,37-/m0/s1. The Bertz CT molecular complexity index is 1820. The van der Waals surface area contributed by atoms with E-state index in [1.54, 1.807) is 33.3 Å². The Balaban J connectivity index is 1.47. The molecule has 3 aliphatic rings. The summed E-state index contributed by atoms with van der Waals surface area (Å²) in [6, 6.07) is 9.90. The van der Waals surface area contributed by atoms with Crippen LogP contribution in [0.25, 0.3) is 16.9 Å². The van der Waals surface area contributed by atoms with Crippen molar-refractivity contribution in [3.05, 3.63) is 106 Å². The van der Waals surface area contributed by atoms with Crippen LogP contribution in [0.1, 0.15) is 30.0 Å². The highest BCUT2D eigenvalue weighted by atomic mass is 16.5. The van der Waals surface area contributed by atoms with Crippen LogP contribution in [0.4, 0.5) is 0 Å².